The van der Waals surface area contributed by atoms with Crippen LogP contribution in [0.3, 0.4) is 0 Å². The van der Waals surface area contributed by atoms with E-state index in [-0.39, 0.29) is 0 Å². The van der Waals surface area contributed by atoms with Crippen molar-refractivity contribution < 1.29 is 4.74 Å². The summed E-state index contributed by atoms with van der Waals surface area (Å²) in [4.78, 5) is 11.2. The Morgan fingerprint density at radius 1 is 1.37 bits per heavy atom. The van der Waals surface area contributed by atoms with Crippen molar-refractivity contribution in [2.24, 2.45) is 0 Å². The average molecular weight is 263 g/mol. The van der Waals surface area contributed by atoms with Gasteiger partial charge in [-0.1, -0.05) is 0 Å². The lowest BCUT2D eigenvalue weighted by Gasteiger charge is -2.28. The predicted octanol–water partition coefficient (Wildman–Crippen LogP) is 0.477. The molecule has 6 heteroatoms. The van der Waals surface area contributed by atoms with Gasteiger partial charge in [-0.15, -0.1) is 0 Å². The molecule has 0 bridgehead atoms. The van der Waals surface area contributed by atoms with Crippen molar-refractivity contribution in [2.75, 3.05) is 49.6 Å². The van der Waals surface area contributed by atoms with Crippen LogP contribution in [0.5, 0.6) is 0 Å². The number of aromatic nitrogens is 2. The molecule has 2 aliphatic rings. The highest BCUT2D eigenvalue weighted by Gasteiger charge is 2.16. The summed E-state index contributed by atoms with van der Waals surface area (Å²) < 4.78 is 5.36. The molecule has 1 atom stereocenters. The van der Waals surface area contributed by atoms with Gasteiger partial charge in [0, 0.05) is 31.9 Å². The maximum atomic E-state index is 5.36. The number of nitrogens with one attached hydrogen (secondary N) is 2. The fourth-order valence-electron chi connectivity index (χ4n) is 2.54. The average Bonchev–Trinajstić information content (AvgIpc) is 2.49. The van der Waals surface area contributed by atoms with Crippen LogP contribution in [-0.2, 0) is 4.74 Å². The largest absolute Gasteiger partial charge is 0.378 e. The van der Waals surface area contributed by atoms with E-state index >= 15 is 0 Å². The van der Waals surface area contributed by atoms with Gasteiger partial charge in [0.05, 0.1) is 13.2 Å². The Labute approximate surface area is 113 Å². The Hall–Kier alpha value is -1.40. The van der Waals surface area contributed by atoms with Gasteiger partial charge in [0.15, 0.2) is 0 Å². The fraction of sp³-hybridized carbons (Fsp3) is 0.692. The van der Waals surface area contributed by atoms with Crippen LogP contribution in [0.15, 0.2) is 12.3 Å². The Morgan fingerprint density at radius 2 is 2.26 bits per heavy atom. The van der Waals surface area contributed by atoms with Gasteiger partial charge in [0.1, 0.15) is 5.82 Å². The zero-order valence-electron chi connectivity index (χ0n) is 11.1. The SMILES string of the molecule is c1cc(N2CCOCC2)nc(NC2CCCNC2)n1. The van der Waals surface area contributed by atoms with Gasteiger partial charge in [-0.05, 0) is 25.5 Å². The van der Waals surface area contributed by atoms with E-state index in [2.05, 4.69) is 25.5 Å². The van der Waals surface area contributed by atoms with Gasteiger partial charge in [-0.25, -0.2) is 4.98 Å². The Kier molecular flexibility index (Phi) is 4.10. The van der Waals surface area contributed by atoms with Crippen molar-refractivity contribution in [1.29, 1.82) is 0 Å². The van der Waals surface area contributed by atoms with E-state index in [1.54, 1.807) is 0 Å². The minimum Gasteiger partial charge on any atom is -0.378 e. The summed E-state index contributed by atoms with van der Waals surface area (Å²) in [7, 11) is 0. The van der Waals surface area contributed by atoms with Gasteiger partial charge in [-0.3, -0.25) is 0 Å². The third-order valence-electron chi connectivity index (χ3n) is 3.61. The fourth-order valence-corrected chi connectivity index (χ4v) is 2.54. The predicted molar refractivity (Wildman–Crippen MR) is 74.6 cm³/mol. The molecular weight excluding hydrogens is 242 g/mol. The van der Waals surface area contributed by atoms with Crippen molar-refractivity contribution in [2.45, 2.75) is 18.9 Å². The minimum absolute atomic E-state index is 0.439. The van der Waals surface area contributed by atoms with Crippen LogP contribution in [0.2, 0.25) is 0 Å². The van der Waals surface area contributed by atoms with Crippen LogP contribution in [0, 0.1) is 0 Å². The van der Waals surface area contributed by atoms with Gasteiger partial charge in [0.2, 0.25) is 5.95 Å². The molecular formula is C13H21N5O. The lowest BCUT2D eigenvalue weighted by Crippen LogP contribution is -2.39. The third kappa shape index (κ3) is 3.33. The number of hydrogen-bond donors (Lipinski definition) is 2. The number of piperidine rings is 1. The Morgan fingerprint density at radius 3 is 3.05 bits per heavy atom. The van der Waals surface area contributed by atoms with Gasteiger partial charge < -0.3 is 20.3 Å². The molecule has 3 rings (SSSR count). The summed E-state index contributed by atoms with van der Waals surface area (Å²) in [6.07, 6.45) is 4.22. The summed E-state index contributed by atoms with van der Waals surface area (Å²) in [5, 5.41) is 6.81. The summed E-state index contributed by atoms with van der Waals surface area (Å²) in [6, 6.07) is 2.41. The normalized spacial score (nSPS) is 24.2. The van der Waals surface area contributed by atoms with Gasteiger partial charge in [-0.2, -0.15) is 4.98 Å². The van der Waals surface area contributed by atoms with Crippen LogP contribution in [0.25, 0.3) is 0 Å². The molecule has 19 heavy (non-hydrogen) atoms. The number of hydrogen-bond acceptors (Lipinski definition) is 6. The van der Waals surface area contributed by atoms with E-state index in [0.717, 1.165) is 51.2 Å². The lowest BCUT2D eigenvalue weighted by molar-refractivity contribution is 0.122. The maximum Gasteiger partial charge on any atom is 0.224 e. The highest BCUT2D eigenvalue weighted by atomic mass is 16.5. The molecule has 0 aliphatic carbocycles. The molecule has 104 valence electrons. The molecule has 1 aromatic heterocycles. The van der Waals surface area contributed by atoms with Crippen molar-refractivity contribution >= 4 is 11.8 Å². The minimum atomic E-state index is 0.439. The molecule has 1 unspecified atom stereocenters. The highest BCUT2D eigenvalue weighted by molar-refractivity contribution is 5.43. The van der Waals surface area contributed by atoms with E-state index in [0.29, 0.717) is 6.04 Å². The summed E-state index contributed by atoms with van der Waals surface area (Å²) in [5.74, 6) is 1.72. The van der Waals surface area contributed by atoms with E-state index in [9.17, 15) is 0 Å². The Bertz CT molecular complexity index is 402. The number of ether oxygens (including phenoxy) is 1. The first-order valence-corrected chi connectivity index (χ1v) is 7.05. The van der Waals surface area contributed by atoms with Crippen molar-refractivity contribution in [3.05, 3.63) is 12.3 Å². The number of anilines is 2. The second-order valence-corrected chi connectivity index (χ2v) is 5.03. The Balaban J connectivity index is 1.64. The van der Waals surface area contributed by atoms with Gasteiger partial charge in [0.25, 0.3) is 0 Å². The second kappa shape index (κ2) is 6.16. The molecule has 0 spiro atoms. The molecule has 6 nitrogen and oxygen atoms in total. The first-order valence-electron chi connectivity index (χ1n) is 7.05. The number of rotatable bonds is 3. The quantitative estimate of drug-likeness (QED) is 0.827. The van der Waals surface area contributed by atoms with Crippen LogP contribution in [0.4, 0.5) is 11.8 Å². The van der Waals surface area contributed by atoms with Crippen LogP contribution in [-0.4, -0.2) is 55.4 Å². The van der Waals surface area contributed by atoms with E-state index in [1.807, 2.05) is 12.3 Å². The van der Waals surface area contributed by atoms with E-state index in [1.165, 1.54) is 12.8 Å². The molecule has 0 aromatic carbocycles. The molecule has 0 amide bonds. The van der Waals surface area contributed by atoms with E-state index < -0.39 is 0 Å². The summed E-state index contributed by atoms with van der Waals surface area (Å²) >= 11 is 0. The van der Waals surface area contributed by atoms with Crippen molar-refractivity contribution in [1.82, 2.24) is 15.3 Å². The van der Waals surface area contributed by atoms with Crippen LogP contribution >= 0.6 is 0 Å². The molecule has 0 saturated carbocycles. The molecule has 2 aliphatic heterocycles. The van der Waals surface area contributed by atoms with Crippen molar-refractivity contribution in [3.63, 3.8) is 0 Å². The molecule has 1 aromatic rings. The number of morpholine rings is 1. The monoisotopic (exact) mass is 263 g/mol. The van der Waals surface area contributed by atoms with Crippen LogP contribution in [0.1, 0.15) is 12.8 Å². The zero-order valence-corrected chi connectivity index (χ0v) is 11.1. The van der Waals surface area contributed by atoms with Crippen molar-refractivity contribution in [3.8, 4) is 0 Å². The summed E-state index contributed by atoms with van der Waals surface area (Å²) in [5.41, 5.74) is 0. The molecule has 0 radical (unpaired) electrons. The smallest absolute Gasteiger partial charge is 0.224 e. The zero-order chi connectivity index (χ0) is 12.9. The topological polar surface area (TPSA) is 62.3 Å². The first-order chi connectivity index (χ1) is 9.42. The van der Waals surface area contributed by atoms with E-state index in [4.69, 9.17) is 4.74 Å². The van der Waals surface area contributed by atoms with Crippen LogP contribution < -0.4 is 15.5 Å². The summed E-state index contributed by atoms with van der Waals surface area (Å²) in [6.45, 7) is 5.47. The standard InChI is InChI=1S/C13H21N5O/c1-2-11(10-14-4-1)16-13-15-5-3-12(17-13)18-6-8-19-9-7-18/h3,5,11,14H,1-2,4,6-10H2,(H,15,16,17). The molecule has 2 N–H and O–H groups in total. The highest BCUT2D eigenvalue weighted by Crippen LogP contribution is 2.15. The number of nitrogens with zero attached hydrogens (tertiary/aromatic N) is 3. The first kappa shape index (κ1) is 12.6. The molecule has 2 fully saturated rings. The molecule has 3 heterocycles. The second-order valence-electron chi connectivity index (χ2n) is 5.03. The van der Waals surface area contributed by atoms with Gasteiger partial charge >= 0.3 is 0 Å². The third-order valence-corrected chi connectivity index (χ3v) is 3.61. The lowest BCUT2D eigenvalue weighted by atomic mass is 10.1. The maximum absolute atomic E-state index is 5.36. The molecule has 2 saturated heterocycles.